The Kier molecular flexibility index (Phi) is 11.3. The smallest absolute Gasteiger partial charge is 0.264 e. The molecule has 1 unspecified atom stereocenters. The molecule has 41 heavy (non-hydrogen) atoms. The van der Waals surface area contributed by atoms with Crippen molar-refractivity contribution in [1.82, 2.24) is 10.2 Å². The number of ether oxygens (including phenoxy) is 1. The van der Waals surface area contributed by atoms with Crippen molar-refractivity contribution in [3.05, 3.63) is 87.4 Å². The van der Waals surface area contributed by atoms with Gasteiger partial charge in [0.05, 0.1) is 17.7 Å². The van der Waals surface area contributed by atoms with Crippen molar-refractivity contribution < 1.29 is 22.7 Å². The second-order valence-corrected chi connectivity index (χ2v) is 12.9. The van der Waals surface area contributed by atoms with Gasteiger partial charge < -0.3 is 15.0 Å². The summed E-state index contributed by atoms with van der Waals surface area (Å²) in [6.07, 6.45) is 0. The molecular formula is C29H32Cl3N3O5S. The maximum atomic E-state index is 14.0. The molecule has 0 spiro atoms. The molecule has 0 heterocycles. The molecule has 0 saturated carbocycles. The fourth-order valence-corrected chi connectivity index (χ4v) is 5.89. The van der Waals surface area contributed by atoms with Gasteiger partial charge in [0, 0.05) is 28.2 Å². The van der Waals surface area contributed by atoms with Gasteiger partial charge in [-0.15, -0.1) is 0 Å². The van der Waals surface area contributed by atoms with Crippen LogP contribution in [0, 0.1) is 5.92 Å². The van der Waals surface area contributed by atoms with E-state index in [1.54, 1.807) is 25.1 Å². The number of hydrogen-bond acceptors (Lipinski definition) is 5. The van der Waals surface area contributed by atoms with Crippen LogP contribution < -0.4 is 14.4 Å². The van der Waals surface area contributed by atoms with Crippen molar-refractivity contribution >= 4 is 62.3 Å². The van der Waals surface area contributed by atoms with Crippen molar-refractivity contribution in [1.29, 1.82) is 0 Å². The molecule has 2 amide bonds. The second-order valence-electron chi connectivity index (χ2n) is 9.74. The van der Waals surface area contributed by atoms with Crippen molar-refractivity contribution in [2.75, 3.05) is 24.5 Å². The van der Waals surface area contributed by atoms with Crippen LogP contribution in [0.5, 0.6) is 5.75 Å². The lowest BCUT2D eigenvalue weighted by atomic mass is 10.1. The summed E-state index contributed by atoms with van der Waals surface area (Å²) in [4.78, 5) is 28.3. The summed E-state index contributed by atoms with van der Waals surface area (Å²) in [5.74, 6) is -0.329. The highest BCUT2D eigenvalue weighted by Crippen LogP contribution is 2.28. The number of nitrogens with zero attached hydrogens (tertiary/aromatic N) is 2. The number of carbonyl (C=O) groups is 2. The predicted octanol–water partition coefficient (Wildman–Crippen LogP) is 6.04. The highest BCUT2D eigenvalue weighted by molar-refractivity contribution is 7.92. The zero-order valence-electron chi connectivity index (χ0n) is 23.1. The Morgan fingerprint density at radius 3 is 2.07 bits per heavy atom. The van der Waals surface area contributed by atoms with Gasteiger partial charge in [-0.05, 0) is 79.1 Å². The second kappa shape index (κ2) is 14.3. The fraction of sp³-hybridized carbons (Fsp3) is 0.310. The van der Waals surface area contributed by atoms with Crippen LogP contribution in [0.3, 0.4) is 0 Å². The molecule has 0 aliphatic rings. The largest absolute Gasteiger partial charge is 0.497 e. The van der Waals surface area contributed by atoms with Crippen LogP contribution in [-0.4, -0.2) is 51.4 Å². The van der Waals surface area contributed by atoms with E-state index in [1.165, 1.54) is 60.5 Å². The maximum absolute atomic E-state index is 14.0. The lowest BCUT2D eigenvalue weighted by Gasteiger charge is -2.32. The number of sulfonamides is 1. The number of halogens is 3. The quantitative estimate of drug-likeness (QED) is 0.261. The molecule has 3 rings (SSSR count). The molecule has 3 aromatic carbocycles. The van der Waals surface area contributed by atoms with Crippen molar-refractivity contribution in [2.45, 2.75) is 38.3 Å². The van der Waals surface area contributed by atoms with Gasteiger partial charge in [-0.2, -0.15) is 0 Å². The van der Waals surface area contributed by atoms with Crippen LogP contribution in [0.4, 0.5) is 5.69 Å². The van der Waals surface area contributed by atoms with Crippen molar-refractivity contribution in [3.8, 4) is 5.75 Å². The molecule has 0 fully saturated rings. The van der Waals surface area contributed by atoms with Gasteiger partial charge in [0.15, 0.2) is 0 Å². The van der Waals surface area contributed by atoms with Gasteiger partial charge in [0.25, 0.3) is 10.0 Å². The SMILES string of the molecule is COc1ccc(S(=O)(=O)N(CC(=O)N(Cc2ccc(Cl)cc2Cl)C(C)C(=O)NCC(C)C)c2ccc(Cl)cc2)cc1. The van der Waals surface area contributed by atoms with E-state index in [9.17, 15) is 18.0 Å². The van der Waals surface area contributed by atoms with Crippen LogP contribution in [0.1, 0.15) is 26.3 Å². The summed E-state index contributed by atoms with van der Waals surface area (Å²) in [5.41, 5.74) is 0.768. The van der Waals surface area contributed by atoms with E-state index in [-0.39, 0.29) is 29.0 Å². The van der Waals surface area contributed by atoms with Crippen LogP contribution >= 0.6 is 34.8 Å². The molecule has 1 N–H and O–H groups in total. The Balaban J connectivity index is 2.03. The highest BCUT2D eigenvalue weighted by atomic mass is 35.5. The molecule has 0 saturated heterocycles. The average Bonchev–Trinajstić information content (AvgIpc) is 2.94. The van der Waals surface area contributed by atoms with E-state index in [1.807, 2.05) is 13.8 Å². The summed E-state index contributed by atoms with van der Waals surface area (Å²) in [7, 11) is -2.76. The first-order valence-electron chi connectivity index (χ1n) is 12.8. The van der Waals surface area contributed by atoms with Gasteiger partial charge in [-0.25, -0.2) is 8.42 Å². The van der Waals surface area contributed by atoms with Gasteiger partial charge >= 0.3 is 0 Å². The Hall–Kier alpha value is -2.98. The number of benzene rings is 3. The maximum Gasteiger partial charge on any atom is 0.264 e. The minimum atomic E-state index is -4.23. The highest BCUT2D eigenvalue weighted by Gasteiger charge is 2.33. The topological polar surface area (TPSA) is 96.0 Å². The minimum Gasteiger partial charge on any atom is -0.497 e. The van der Waals surface area contributed by atoms with Crippen molar-refractivity contribution in [3.63, 3.8) is 0 Å². The van der Waals surface area contributed by atoms with E-state index < -0.39 is 28.5 Å². The van der Waals surface area contributed by atoms with E-state index in [0.29, 0.717) is 32.9 Å². The first kappa shape index (κ1) is 32.5. The number of amides is 2. The molecule has 12 heteroatoms. The zero-order valence-corrected chi connectivity index (χ0v) is 26.2. The number of nitrogens with one attached hydrogen (secondary N) is 1. The summed E-state index contributed by atoms with van der Waals surface area (Å²) >= 11 is 18.5. The number of anilines is 1. The molecule has 220 valence electrons. The Bertz CT molecular complexity index is 1470. The van der Waals surface area contributed by atoms with Gasteiger partial charge in [0.1, 0.15) is 18.3 Å². The third-order valence-electron chi connectivity index (χ3n) is 6.25. The summed E-state index contributed by atoms with van der Waals surface area (Å²) < 4.78 is 33.9. The Morgan fingerprint density at radius 2 is 1.51 bits per heavy atom. The van der Waals surface area contributed by atoms with Crippen LogP contribution in [-0.2, 0) is 26.2 Å². The number of carbonyl (C=O) groups excluding carboxylic acids is 2. The van der Waals surface area contributed by atoms with Crippen molar-refractivity contribution in [2.24, 2.45) is 5.92 Å². The molecule has 8 nitrogen and oxygen atoms in total. The van der Waals surface area contributed by atoms with Gasteiger partial charge in [-0.1, -0.05) is 54.7 Å². The monoisotopic (exact) mass is 639 g/mol. The molecule has 0 aromatic heterocycles. The molecule has 3 aromatic rings. The van der Waals surface area contributed by atoms with Crippen LogP contribution in [0.15, 0.2) is 71.6 Å². The van der Waals surface area contributed by atoms with E-state index in [4.69, 9.17) is 39.5 Å². The standard InChI is InChI=1S/C29H32Cl3N3O5S/c1-19(2)16-33-29(37)20(3)34(17-21-5-6-23(31)15-27(21)32)28(36)18-35(24-9-7-22(30)8-10-24)41(38,39)26-13-11-25(40-4)12-14-26/h5-15,19-20H,16-18H2,1-4H3,(H,33,37). The van der Waals surface area contributed by atoms with E-state index >= 15 is 0 Å². The van der Waals surface area contributed by atoms with E-state index in [2.05, 4.69) is 5.32 Å². The number of hydrogen-bond donors (Lipinski definition) is 1. The third kappa shape index (κ3) is 8.52. The van der Waals surface area contributed by atoms with Gasteiger partial charge in [-0.3, -0.25) is 13.9 Å². The first-order chi connectivity index (χ1) is 19.3. The van der Waals surface area contributed by atoms with Crippen LogP contribution in [0.25, 0.3) is 0 Å². The molecule has 0 radical (unpaired) electrons. The Labute approximate surface area is 256 Å². The predicted molar refractivity (Wildman–Crippen MR) is 163 cm³/mol. The summed E-state index contributed by atoms with van der Waals surface area (Å²) in [5, 5.41) is 3.97. The molecule has 0 aliphatic heterocycles. The summed E-state index contributed by atoms with van der Waals surface area (Å²) in [6, 6.07) is 15.8. The van der Waals surface area contributed by atoms with E-state index in [0.717, 1.165) is 4.31 Å². The van der Waals surface area contributed by atoms with Gasteiger partial charge in [0.2, 0.25) is 11.8 Å². The summed E-state index contributed by atoms with van der Waals surface area (Å²) in [6.45, 7) is 5.26. The third-order valence-corrected chi connectivity index (χ3v) is 8.88. The van der Waals surface area contributed by atoms with Crippen LogP contribution in [0.2, 0.25) is 15.1 Å². The first-order valence-corrected chi connectivity index (χ1v) is 15.3. The lowest BCUT2D eigenvalue weighted by molar-refractivity contribution is -0.139. The molecule has 0 aliphatic carbocycles. The average molecular weight is 641 g/mol. The molecule has 0 bridgehead atoms. The number of methoxy groups -OCH3 is 1. The normalized spacial score (nSPS) is 12.1. The number of rotatable bonds is 12. The Morgan fingerprint density at radius 1 is 0.902 bits per heavy atom. The molecular weight excluding hydrogens is 609 g/mol. The lowest BCUT2D eigenvalue weighted by Crippen LogP contribution is -2.51. The fourth-order valence-electron chi connectivity index (χ4n) is 3.88. The molecule has 1 atom stereocenters. The minimum absolute atomic E-state index is 0.0453. The zero-order chi connectivity index (χ0) is 30.3.